The van der Waals surface area contributed by atoms with E-state index in [0.717, 1.165) is 57.1 Å². The zero-order valence-electron chi connectivity index (χ0n) is 17.4. The van der Waals surface area contributed by atoms with E-state index >= 15 is 0 Å². The molecule has 0 saturated carbocycles. The highest BCUT2D eigenvalue weighted by Gasteiger charge is 2.21. The van der Waals surface area contributed by atoms with Gasteiger partial charge in [-0.15, -0.1) is 24.8 Å². The van der Waals surface area contributed by atoms with E-state index in [1.807, 2.05) is 12.1 Å². The Hall–Kier alpha value is -0.970. The van der Waals surface area contributed by atoms with Crippen LogP contribution >= 0.6 is 36.4 Å². The van der Waals surface area contributed by atoms with Gasteiger partial charge in [0.05, 0.1) is 0 Å². The molecule has 0 amide bonds. The molecule has 6 heteroatoms. The van der Waals surface area contributed by atoms with Crippen molar-refractivity contribution in [2.45, 2.75) is 32.7 Å². The molecule has 0 aromatic heterocycles. The van der Waals surface area contributed by atoms with Crippen molar-refractivity contribution in [1.82, 2.24) is 10.2 Å². The van der Waals surface area contributed by atoms with Gasteiger partial charge in [-0.05, 0) is 62.1 Å². The first-order valence-electron chi connectivity index (χ1n) is 10.2. The first-order valence-corrected chi connectivity index (χ1v) is 10.6. The molecule has 1 heterocycles. The van der Waals surface area contributed by atoms with E-state index in [2.05, 4.69) is 65.4 Å². The molecule has 0 spiro atoms. The van der Waals surface area contributed by atoms with Crippen molar-refractivity contribution >= 4 is 42.1 Å². The van der Waals surface area contributed by atoms with Crippen molar-refractivity contribution in [3.05, 3.63) is 64.7 Å². The largest absolute Gasteiger partial charge is 0.372 e. The van der Waals surface area contributed by atoms with Crippen LogP contribution in [0.15, 0.2) is 48.5 Å². The predicted molar refractivity (Wildman–Crippen MR) is 132 cm³/mol. The van der Waals surface area contributed by atoms with Crippen molar-refractivity contribution in [3.8, 4) is 0 Å². The highest BCUT2D eigenvalue weighted by atomic mass is 35.5. The third kappa shape index (κ3) is 7.66. The highest BCUT2D eigenvalue weighted by molar-refractivity contribution is 6.30. The van der Waals surface area contributed by atoms with Crippen LogP contribution in [0.5, 0.6) is 0 Å². The zero-order valence-corrected chi connectivity index (χ0v) is 19.8. The summed E-state index contributed by atoms with van der Waals surface area (Å²) >= 11 is 6.07. The van der Waals surface area contributed by atoms with Gasteiger partial charge >= 0.3 is 0 Å². The lowest BCUT2D eigenvalue weighted by Gasteiger charge is -2.35. The Bertz CT molecular complexity index is 682. The maximum absolute atomic E-state index is 6.07. The Morgan fingerprint density at radius 3 is 1.83 bits per heavy atom. The van der Waals surface area contributed by atoms with E-state index in [4.69, 9.17) is 11.6 Å². The molecule has 1 aliphatic heterocycles. The van der Waals surface area contributed by atoms with Crippen molar-refractivity contribution in [2.24, 2.45) is 0 Å². The van der Waals surface area contributed by atoms with Gasteiger partial charge in [-0.2, -0.15) is 0 Å². The lowest BCUT2D eigenvalue weighted by molar-refractivity contribution is 0.170. The SMILES string of the molecule is CCN(CC)c1ccc(CC(Cc2ccc(Cl)cc2)N2CCNCC2)cc1.Cl.Cl. The number of halogens is 3. The Balaban J connectivity index is 0.00000210. The Morgan fingerprint density at radius 2 is 1.34 bits per heavy atom. The summed E-state index contributed by atoms with van der Waals surface area (Å²) in [6, 6.07) is 18.0. The first kappa shape index (κ1) is 26.1. The molecule has 1 atom stereocenters. The molecule has 0 aliphatic carbocycles. The van der Waals surface area contributed by atoms with Crippen LogP contribution in [-0.2, 0) is 12.8 Å². The zero-order chi connectivity index (χ0) is 19.1. The average Bonchev–Trinajstić information content (AvgIpc) is 2.72. The maximum Gasteiger partial charge on any atom is 0.0406 e. The highest BCUT2D eigenvalue weighted by Crippen LogP contribution is 2.20. The summed E-state index contributed by atoms with van der Waals surface area (Å²) in [5.74, 6) is 0. The first-order chi connectivity index (χ1) is 13.2. The summed E-state index contributed by atoms with van der Waals surface area (Å²) in [5.41, 5.74) is 4.10. The molecule has 1 saturated heterocycles. The second-order valence-electron chi connectivity index (χ2n) is 7.31. The van der Waals surface area contributed by atoms with E-state index in [0.29, 0.717) is 6.04 Å². The fourth-order valence-corrected chi connectivity index (χ4v) is 4.10. The molecule has 3 rings (SSSR count). The van der Waals surface area contributed by atoms with Gasteiger partial charge in [-0.25, -0.2) is 0 Å². The second kappa shape index (κ2) is 13.4. The number of hydrogen-bond donors (Lipinski definition) is 1. The van der Waals surface area contributed by atoms with Gasteiger partial charge in [0.2, 0.25) is 0 Å². The molecule has 0 radical (unpaired) electrons. The normalized spacial score (nSPS) is 15.1. The second-order valence-corrected chi connectivity index (χ2v) is 7.75. The van der Waals surface area contributed by atoms with Gasteiger partial charge in [-0.3, -0.25) is 4.90 Å². The predicted octanol–water partition coefficient (Wildman–Crippen LogP) is 5.09. The van der Waals surface area contributed by atoms with Gasteiger partial charge < -0.3 is 10.2 Å². The van der Waals surface area contributed by atoms with Gasteiger partial charge in [0.1, 0.15) is 0 Å². The molecule has 1 aliphatic rings. The molecule has 1 unspecified atom stereocenters. The summed E-state index contributed by atoms with van der Waals surface area (Å²) in [6.45, 7) is 10.9. The lowest BCUT2D eigenvalue weighted by atomic mass is 9.96. The number of benzene rings is 2. The van der Waals surface area contributed by atoms with Gasteiger partial charge in [0.15, 0.2) is 0 Å². The summed E-state index contributed by atoms with van der Waals surface area (Å²) in [4.78, 5) is 5.04. The maximum atomic E-state index is 6.07. The minimum Gasteiger partial charge on any atom is -0.372 e. The summed E-state index contributed by atoms with van der Waals surface area (Å²) in [5, 5.41) is 4.28. The van der Waals surface area contributed by atoms with Crippen molar-refractivity contribution < 1.29 is 0 Å². The van der Waals surface area contributed by atoms with Gasteiger partial charge in [0, 0.05) is 56.0 Å². The standard InChI is InChI=1S/C23H32ClN3.2ClH/c1-3-26(4-2)22-11-7-20(8-12-22)18-23(27-15-13-25-14-16-27)17-19-5-9-21(24)10-6-19;;/h5-12,23,25H,3-4,13-18H2,1-2H3;2*1H. The minimum absolute atomic E-state index is 0. The smallest absolute Gasteiger partial charge is 0.0406 e. The number of rotatable bonds is 8. The van der Waals surface area contributed by atoms with Crippen LogP contribution in [0.4, 0.5) is 5.69 Å². The molecular weight excluding hydrogens is 425 g/mol. The lowest BCUT2D eigenvalue weighted by Crippen LogP contribution is -2.49. The number of anilines is 1. The molecule has 2 aromatic carbocycles. The molecule has 2 aromatic rings. The van der Waals surface area contributed by atoms with Gasteiger partial charge in [0.25, 0.3) is 0 Å². The number of nitrogens with zero attached hydrogens (tertiary/aromatic N) is 2. The Morgan fingerprint density at radius 1 is 0.862 bits per heavy atom. The Labute approximate surface area is 193 Å². The monoisotopic (exact) mass is 457 g/mol. The summed E-state index contributed by atoms with van der Waals surface area (Å²) < 4.78 is 0. The van der Waals surface area contributed by atoms with Crippen LogP contribution in [0.25, 0.3) is 0 Å². The van der Waals surface area contributed by atoms with Crippen LogP contribution in [0, 0.1) is 0 Å². The van der Waals surface area contributed by atoms with E-state index in [1.165, 1.54) is 16.8 Å². The van der Waals surface area contributed by atoms with Crippen LogP contribution in [-0.4, -0.2) is 50.2 Å². The van der Waals surface area contributed by atoms with Crippen molar-refractivity contribution in [2.75, 3.05) is 44.2 Å². The fourth-order valence-electron chi connectivity index (χ4n) is 3.97. The van der Waals surface area contributed by atoms with Crippen LogP contribution in [0.1, 0.15) is 25.0 Å². The molecule has 0 bridgehead atoms. The minimum atomic E-state index is 0. The van der Waals surface area contributed by atoms with E-state index in [1.54, 1.807) is 0 Å². The molecule has 1 fully saturated rings. The van der Waals surface area contributed by atoms with Crippen LogP contribution in [0.3, 0.4) is 0 Å². The van der Waals surface area contributed by atoms with E-state index in [9.17, 15) is 0 Å². The summed E-state index contributed by atoms with van der Waals surface area (Å²) in [6.07, 6.45) is 2.15. The van der Waals surface area contributed by atoms with Crippen molar-refractivity contribution in [1.29, 1.82) is 0 Å². The van der Waals surface area contributed by atoms with Crippen LogP contribution in [0.2, 0.25) is 5.02 Å². The Kier molecular flexibility index (Phi) is 12.0. The average molecular weight is 459 g/mol. The molecule has 3 nitrogen and oxygen atoms in total. The fraction of sp³-hybridized carbons (Fsp3) is 0.478. The van der Waals surface area contributed by atoms with Crippen LogP contribution < -0.4 is 10.2 Å². The van der Waals surface area contributed by atoms with Gasteiger partial charge in [-0.1, -0.05) is 35.9 Å². The van der Waals surface area contributed by atoms with E-state index < -0.39 is 0 Å². The quantitative estimate of drug-likeness (QED) is 0.594. The van der Waals surface area contributed by atoms with Crippen molar-refractivity contribution in [3.63, 3.8) is 0 Å². The molecule has 1 N–H and O–H groups in total. The number of nitrogens with one attached hydrogen (secondary N) is 1. The number of hydrogen-bond acceptors (Lipinski definition) is 3. The van der Waals surface area contributed by atoms with E-state index in [-0.39, 0.29) is 24.8 Å². The molecule has 162 valence electrons. The number of piperazine rings is 1. The topological polar surface area (TPSA) is 18.5 Å². The third-order valence-corrected chi connectivity index (χ3v) is 5.84. The summed E-state index contributed by atoms with van der Waals surface area (Å²) in [7, 11) is 0. The third-order valence-electron chi connectivity index (χ3n) is 5.59. The molecule has 29 heavy (non-hydrogen) atoms. The molecular formula is C23H34Cl3N3.